The van der Waals surface area contributed by atoms with Gasteiger partial charge in [0.1, 0.15) is 11.5 Å². The molecule has 3 rings (SSSR count). The van der Waals surface area contributed by atoms with Crippen LogP contribution in [0.4, 0.5) is 0 Å². The summed E-state index contributed by atoms with van der Waals surface area (Å²) in [4.78, 5) is 0. The number of para-hydroxylation sites is 1. The minimum atomic E-state index is -1.70. The van der Waals surface area contributed by atoms with E-state index in [1.165, 1.54) is 5.56 Å². The first-order valence-corrected chi connectivity index (χ1v) is 15.7. The molecule has 0 amide bonds. The maximum atomic E-state index is 6.61. The van der Waals surface area contributed by atoms with Crippen LogP contribution in [0.3, 0.4) is 0 Å². The molecule has 0 saturated heterocycles. The van der Waals surface area contributed by atoms with Gasteiger partial charge in [0, 0.05) is 0 Å². The third-order valence-corrected chi connectivity index (χ3v) is 7.92. The largest absolute Gasteiger partial charge is 0.457 e. The van der Waals surface area contributed by atoms with Crippen molar-refractivity contribution in [2.45, 2.75) is 48.2 Å². The highest BCUT2D eigenvalue weighted by atomic mass is 80.0. The molecule has 158 valence electrons. The molecule has 6 heteroatoms. The van der Waals surface area contributed by atoms with Gasteiger partial charge in [-0.25, -0.2) is 0 Å². The molecule has 1 aliphatic rings. The summed E-state index contributed by atoms with van der Waals surface area (Å²) in [7, 11) is -1.70. The first kappa shape index (κ1) is 23.5. The number of hydrogen-bond donors (Lipinski definition) is 0. The third-order valence-electron chi connectivity index (χ3n) is 5.60. The summed E-state index contributed by atoms with van der Waals surface area (Å²) in [5, 5.41) is 0. The normalized spacial score (nSPS) is 22.2. The van der Waals surface area contributed by atoms with Gasteiger partial charge in [-0.15, -0.1) is 0 Å². The van der Waals surface area contributed by atoms with E-state index >= 15 is 0 Å². The second-order valence-corrected chi connectivity index (χ2v) is 20.8. The lowest BCUT2D eigenvalue weighted by molar-refractivity contribution is 0.165. The zero-order valence-electron chi connectivity index (χ0n) is 17.6. The van der Waals surface area contributed by atoms with Crippen LogP contribution >= 0.6 is 47.8 Å². The van der Waals surface area contributed by atoms with Crippen LogP contribution in [0.15, 0.2) is 54.6 Å². The first-order chi connectivity index (χ1) is 13.4. The Kier molecular flexibility index (Phi) is 7.11. The van der Waals surface area contributed by atoms with Crippen molar-refractivity contribution in [3.05, 3.63) is 60.2 Å². The highest BCUT2D eigenvalue weighted by Crippen LogP contribution is 2.65. The second-order valence-electron chi connectivity index (χ2n) is 9.41. The Morgan fingerprint density at radius 1 is 0.966 bits per heavy atom. The van der Waals surface area contributed by atoms with Gasteiger partial charge in [0.15, 0.2) is 10.5 Å². The molecule has 0 heterocycles. The lowest BCUT2D eigenvalue weighted by atomic mass is 10.0. The number of alkyl halides is 3. The number of halogens is 3. The Bertz CT molecular complexity index is 828. The molecule has 29 heavy (non-hydrogen) atoms. The Hall–Kier alpha value is -0.143. The van der Waals surface area contributed by atoms with Crippen molar-refractivity contribution < 1.29 is 9.16 Å². The van der Waals surface area contributed by atoms with Gasteiger partial charge in [-0.2, -0.15) is 0 Å². The van der Waals surface area contributed by atoms with Gasteiger partial charge in [-0.05, 0) is 73.1 Å². The Morgan fingerprint density at radius 3 is 2.17 bits per heavy atom. The van der Waals surface area contributed by atoms with E-state index in [2.05, 4.69) is 99.5 Å². The van der Waals surface area contributed by atoms with Crippen molar-refractivity contribution in [1.82, 2.24) is 0 Å². The summed E-state index contributed by atoms with van der Waals surface area (Å²) in [6, 6.07) is 18.4. The number of hydrogen-bond acceptors (Lipinski definition) is 2. The van der Waals surface area contributed by atoms with E-state index in [0.29, 0.717) is 11.8 Å². The van der Waals surface area contributed by atoms with Crippen LogP contribution in [0, 0.1) is 17.3 Å². The molecule has 2 aromatic rings. The van der Waals surface area contributed by atoms with Gasteiger partial charge in [0.25, 0.3) is 0 Å². The van der Waals surface area contributed by atoms with Gasteiger partial charge >= 0.3 is 0 Å². The van der Waals surface area contributed by atoms with Crippen LogP contribution < -0.4 is 4.74 Å². The van der Waals surface area contributed by atoms with Crippen LogP contribution in [0.25, 0.3) is 0 Å². The zero-order valence-corrected chi connectivity index (χ0v) is 23.3. The monoisotopic (exact) mass is 602 g/mol. The fraction of sp³-hybridized carbons (Fsp3) is 0.478. The molecule has 0 bridgehead atoms. The SMILES string of the molecule is CC1(C)[C@H]([C@@H](O[Si](C)(C)C)C(Br)(Br)Br)[C@@H]1Cc1cccc(Oc2ccccc2)c1. The molecule has 0 N–H and O–H groups in total. The van der Waals surface area contributed by atoms with Gasteiger partial charge < -0.3 is 9.16 Å². The van der Waals surface area contributed by atoms with E-state index in [1.807, 2.05) is 36.4 Å². The predicted octanol–water partition coefficient (Wildman–Crippen LogP) is 8.35. The quantitative estimate of drug-likeness (QED) is 0.234. The summed E-state index contributed by atoms with van der Waals surface area (Å²) >= 11 is 11.3. The minimum Gasteiger partial charge on any atom is -0.457 e. The molecular weight excluding hydrogens is 576 g/mol. The predicted molar refractivity (Wildman–Crippen MR) is 135 cm³/mol. The number of benzene rings is 2. The lowest BCUT2D eigenvalue weighted by Crippen LogP contribution is -2.41. The highest BCUT2D eigenvalue weighted by molar-refractivity contribution is 9.39. The van der Waals surface area contributed by atoms with Crippen molar-refractivity contribution in [2.24, 2.45) is 17.3 Å². The van der Waals surface area contributed by atoms with Crippen LogP contribution in [-0.2, 0) is 10.8 Å². The molecule has 1 fully saturated rings. The average Bonchev–Trinajstić information content (AvgIpc) is 3.12. The standard InChI is InChI=1S/C23H29Br3O2Si/c1-22(2)19(20(22)21(23(24,25)26)28-29(3,4)5)15-16-10-9-13-18(14-16)27-17-11-7-6-8-12-17/h6-14,19-21H,15H2,1-5H3/t19-,20-,21+/m0/s1. The van der Waals surface area contributed by atoms with E-state index in [9.17, 15) is 0 Å². The van der Waals surface area contributed by atoms with E-state index < -0.39 is 10.5 Å². The van der Waals surface area contributed by atoms with Crippen molar-refractivity contribution in [3.8, 4) is 11.5 Å². The van der Waals surface area contributed by atoms with Crippen LogP contribution in [0.2, 0.25) is 19.6 Å². The van der Waals surface area contributed by atoms with Crippen molar-refractivity contribution in [1.29, 1.82) is 0 Å². The van der Waals surface area contributed by atoms with Gasteiger partial charge in [0.2, 0.25) is 0 Å². The summed E-state index contributed by atoms with van der Waals surface area (Å²) in [6.45, 7) is 11.4. The van der Waals surface area contributed by atoms with Gasteiger partial charge in [-0.1, -0.05) is 92.0 Å². The van der Waals surface area contributed by atoms with Crippen LogP contribution in [-0.4, -0.2) is 16.6 Å². The zero-order chi connectivity index (χ0) is 21.4. The lowest BCUT2D eigenvalue weighted by Gasteiger charge is -2.33. The van der Waals surface area contributed by atoms with Crippen molar-refractivity contribution in [3.63, 3.8) is 0 Å². The van der Waals surface area contributed by atoms with E-state index in [0.717, 1.165) is 17.9 Å². The van der Waals surface area contributed by atoms with Crippen molar-refractivity contribution >= 4 is 56.1 Å². The van der Waals surface area contributed by atoms with Crippen molar-refractivity contribution in [2.75, 3.05) is 0 Å². The Morgan fingerprint density at radius 2 is 1.59 bits per heavy atom. The third kappa shape index (κ3) is 6.19. The molecule has 2 aromatic carbocycles. The minimum absolute atomic E-state index is 0.0536. The van der Waals surface area contributed by atoms with Gasteiger partial charge in [0.05, 0.1) is 6.10 Å². The molecule has 0 spiro atoms. The maximum Gasteiger partial charge on any atom is 0.184 e. The second kappa shape index (κ2) is 8.77. The van der Waals surface area contributed by atoms with E-state index in [1.54, 1.807) is 0 Å². The molecule has 0 unspecified atom stereocenters. The first-order valence-electron chi connectivity index (χ1n) is 9.94. The fourth-order valence-electron chi connectivity index (χ4n) is 4.12. The molecule has 2 nitrogen and oxygen atoms in total. The topological polar surface area (TPSA) is 18.5 Å². The Labute approximate surface area is 201 Å². The molecular formula is C23H29Br3O2Si. The summed E-state index contributed by atoms with van der Waals surface area (Å²) in [6.07, 6.45) is 1.07. The summed E-state index contributed by atoms with van der Waals surface area (Å²) in [5.41, 5.74) is 1.51. The molecule has 0 radical (unpaired) electrons. The molecule has 0 aliphatic heterocycles. The summed E-state index contributed by atoms with van der Waals surface area (Å²) < 4.78 is 12.2. The summed E-state index contributed by atoms with van der Waals surface area (Å²) in [5.74, 6) is 2.74. The number of rotatable bonds is 7. The highest BCUT2D eigenvalue weighted by Gasteiger charge is 2.64. The average molecular weight is 605 g/mol. The molecule has 0 aromatic heterocycles. The van der Waals surface area contributed by atoms with E-state index in [4.69, 9.17) is 9.16 Å². The molecule has 3 atom stereocenters. The Balaban J connectivity index is 1.75. The fourth-order valence-corrected chi connectivity index (χ4v) is 6.85. The molecule has 1 aliphatic carbocycles. The maximum absolute atomic E-state index is 6.61. The smallest absolute Gasteiger partial charge is 0.184 e. The van der Waals surface area contributed by atoms with Crippen LogP contribution in [0.1, 0.15) is 19.4 Å². The van der Waals surface area contributed by atoms with Gasteiger partial charge in [-0.3, -0.25) is 0 Å². The number of ether oxygens (including phenoxy) is 1. The van der Waals surface area contributed by atoms with E-state index in [-0.39, 0.29) is 11.5 Å². The van der Waals surface area contributed by atoms with Crippen LogP contribution in [0.5, 0.6) is 11.5 Å². The molecule has 1 saturated carbocycles.